The lowest BCUT2D eigenvalue weighted by molar-refractivity contribution is 0.525. The predicted octanol–water partition coefficient (Wildman–Crippen LogP) is 4.22. The summed E-state index contributed by atoms with van der Waals surface area (Å²) >= 11 is 1.75. The molecule has 1 aromatic heterocycles. The number of aryl methyl sites for hydroxylation is 3. The molecule has 1 aliphatic carbocycles. The Bertz CT molecular complexity index is 603. The number of benzene rings is 1. The highest BCUT2D eigenvalue weighted by Gasteiger charge is 2.17. The number of thiazole rings is 1. The zero-order chi connectivity index (χ0) is 14.7. The summed E-state index contributed by atoms with van der Waals surface area (Å²) in [5.41, 5.74) is 5.75. The van der Waals surface area contributed by atoms with Crippen LogP contribution >= 0.6 is 11.3 Å². The molecule has 1 atom stereocenters. The molecule has 1 N–H and O–H groups in total. The molecule has 3 heteroatoms. The molecule has 0 aliphatic heterocycles. The molecule has 1 unspecified atom stereocenters. The van der Waals surface area contributed by atoms with Crippen molar-refractivity contribution in [2.75, 3.05) is 6.54 Å². The Hall–Kier alpha value is -1.19. The Balaban J connectivity index is 1.80. The molecular weight excluding hydrogens is 276 g/mol. The number of hydrogen-bond donors (Lipinski definition) is 1. The van der Waals surface area contributed by atoms with Crippen molar-refractivity contribution in [3.8, 4) is 0 Å². The number of hydrogen-bond acceptors (Lipinski definition) is 3. The average molecular weight is 300 g/mol. The van der Waals surface area contributed by atoms with Gasteiger partial charge in [-0.3, -0.25) is 0 Å². The zero-order valence-corrected chi connectivity index (χ0v) is 13.8. The molecule has 2 aromatic rings. The minimum absolute atomic E-state index is 0.386. The van der Waals surface area contributed by atoms with E-state index < -0.39 is 0 Å². The van der Waals surface area contributed by atoms with E-state index in [-0.39, 0.29) is 0 Å². The van der Waals surface area contributed by atoms with Gasteiger partial charge in [0.1, 0.15) is 0 Å². The van der Waals surface area contributed by atoms with Gasteiger partial charge in [0.15, 0.2) is 0 Å². The molecule has 1 aliphatic rings. The second-order valence-electron chi connectivity index (χ2n) is 5.95. The maximum atomic E-state index is 4.64. The van der Waals surface area contributed by atoms with Crippen LogP contribution in [0.2, 0.25) is 0 Å². The highest BCUT2D eigenvalue weighted by Crippen LogP contribution is 2.27. The summed E-state index contributed by atoms with van der Waals surface area (Å²) < 4.78 is 0. The van der Waals surface area contributed by atoms with E-state index in [1.807, 2.05) is 0 Å². The first-order valence-electron chi connectivity index (χ1n) is 8.02. The van der Waals surface area contributed by atoms with Gasteiger partial charge in [-0.05, 0) is 55.8 Å². The van der Waals surface area contributed by atoms with Gasteiger partial charge in [0.25, 0.3) is 0 Å². The fourth-order valence-corrected chi connectivity index (χ4v) is 3.77. The molecule has 0 radical (unpaired) electrons. The normalized spacial score (nSPS) is 15.1. The van der Waals surface area contributed by atoms with Crippen LogP contribution in [0.5, 0.6) is 0 Å². The van der Waals surface area contributed by atoms with E-state index in [1.165, 1.54) is 30.5 Å². The molecule has 112 valence electrons. The summed E-state index contributed by atoms with van der Waals surface area (Å²) in [6.07, 6.45) is 5.98. The molecule has 2 nitrogen and oxygen atoms in total. The van der Waals surface area contributed by atoms with E-state index in [9.17, 15) is 0 Å². The van der Waals surface area contributed by atoms with Gasteiger partial charge in [-0.1, -0.05) is 25.1 Å². The predicted molar refractivity (Wildman–Crippen MR) is 90.1 cm³/mol. The number of fused-ring (bicyclic) bond motifs is 1. The quantitative estimate of drug-likeness (QED) is 0.864. The lowest BCUT2D eigenvalue weighted by Crippen LogP contribution is -2.24. The largest absolute Gasteiger partial charge is 0.310 e. The van der Waals surface area contributed by atoms with Crippen molar-refractivity contribution >= 4 is 11.3 Å². The van der Waals surface area contributed by atoms with Gasteiger partial charge in [-0.15, -0.1) is 11.3 Å². The van der Waals surface area contributed by atoms with Crippen molar-refractivity contribution < 1.29 is 0 Å². The summed E-state index contributed by atoms with van der Waals surface area (Å²) in [5.74, 6) is 0. The highest BCUT2D eigenvalue weighted by atomic mass is 32.1. The first-order chi connectivity index (χ1) is 10.3. The van der Waals surface area contributed by atoms with Crippen LogP contribution in [-0.2, 0) is 19.3 Å². The minimum atomic E-state index is 0.386. The van der Waals surface area contributed by atoms with Crippen LogP contribution in [0.25, 0.3) is 0 Å². The van der Waals surface area contributed by atoms with Crippen molar-refractivity contribution in [1.29, 1.82) is 0 Å². The third kappa shape index (κ3) is 3.53. The summed E-state index contributed by atoms with van der Waals surface area (Å²) in [4.78, 5) is 4.64. The molecule has 0 amide bonds. The van der Waals surface area contributed by atoms with Crippen molar-refractivity contribution in [2.24, 2.45) is 0 Å². The van der Waals surface area contributed by atoms with Crippen LogP contribution in [0.15, 0.2) is 23.6 Å². The van der Waals surface area contributed by atoms with Crippen LogP contribution < -0.4 is 5.32 Å². The molecule has 0 saturated carbocycles. The third-order valence-electron chi connectivity index (χ3n) is 4.25. The lowest BCUT2D eigenvalue weighted by atomic mass is 9.98. The molecule has 21 heavy (non-hydrogen) atoms. The second kappa shape index (κ2) is 6.71. The molecule has 0 fully saturated rings. The average Bonchev–Trinajstić information content (AvgIpc) is 3.11. The Morgan fingerprint density at radius 2 is 2.14 bits per heavy atom. The first kappa shape index (κ1) is 14.7. The van der Waals surface area contributed by atoms with Crippen molar-refractivity contribution in [3.05, 3.63) is 51.0 Å². The number of rotatable bonds is 6. The maximum absolute atomic E-state index is 4.64. The highest BCUT2D eigenvalue weighted by molar-refractivity contribution is 7.09. The summed E-state index contributed by atoms with van der Waals surface area (Å²) in [6.45, 7) is 5.36. The van der Waals surface area contributed by atoms with E-state index in [0.29, 0.717) is 6.04 Å². The van der Waals surface area contributed by atoms with Crippen LogP contribution in [0.3, 0.4) is 0 Å². The van der Waals surface area contributed by atoms with E-state index in [4.69, 9.17) is 0 Å². The van der Waals surface area contributed by atoms with E-state index in [0.717, 1.165) is 24.4 Å². The van der Waals surface area contributed by atoms with E-state index in [1.54, 1.807) is 22.5 Å². The smallest absolute Gasteiger partial charge is 0.0897 e. The molecule has 0 bridgehead atoms. The standard InChI is InChI=1S/C18H24N2S/c1-3-9-19-18(11-17-12-21-13(2)20-17)16-8-7-14-5-4-6-15(14)10-16/h7-8,10,12,18-19H,3-6,9,11H2,1-2H3. The van der Waals surface area contributed by atoms with Crippen LogP contribution in [0.4, 0.5) is 0 Å². The van der Waals surface area contributed by atoms with Gasteiger partial charge in [-0.2, -0.15) is 0 Å². The zero-order valence-electron chi connectivity index (χ0n) is 13.0. The van der Waals surface area contributed by atoms with E-state index >= 15 is 0 Å². The molecule has 0 spiro atoms. The van der Waals surface area contributed by atoms with Crippen molar-refractivity contribution in [1.82, 2.24) is 10.3 Å². The Morgan fingerprint density at radius 1 is 1.29 bits per heavy atom. The topological polar surface area (TPSA) is 24.9 Å². The third-order valence-corrected chi connectivity index (χ3v) is 5.07. The Labute approximate surface area is 131 Å². The monoisotopic (exact) mass is 300 g/mol. The summed E-state index contributed by atoms with van der Waals surface area (Å²) in [5, 5.41) is 7.06. The van der Waals surface area contributed by atoms with Gasteiger partial charge >= 0.3 is 0 Å². The molecule has 0 saturated heterocycles. The summed E-state index contributed by atoms with van der Waals surface area (Å²) in [7, 11) is 0. The van der Waals surface area contributed by atoms with Crippen LogP contribution in [0, 0.1) is 6.92 Å². The maximum Gasteiger partial charge on any atom is 0.0897 e. The van der Waals surface area contributed by atoms with E-state index in [2.05, 4.69) is 47.7 Å². The van der Waals surface area contributed by atoms with Gasteiger partial charge < -0.3 is 5.32 Å². The molecular formula is C18H24N2S. The molecule has 1 heterocycles. The van der Waals surface area contributed by atoms with Crippen molar-refractivity contribution in [2.45, 2.75) is 52.0 Å². The van der Waals surface area contributed by atoms with Gasteiger partial charge in [0.2, 0.25) is 0 Å². The molecule has 1 aromatic carbocycles. The van der Waals surface area contributed by atoms with Crippen LogP contribution in [-0.4, -0.2) is 11.5 Å². The van der Waals surface area contributed by atoms with Crippen molar-refractivity contribution in [3.63, 3.8) is 0 Å². The molecule has 3 rings (SSSR count). The minimum Gasteiger partial charge on any atom is -0.310 e. The van der Waals surface area contributed by atoms with Crippen LogP contribution in [0.1, 0.15) is 53.2 Å². The van der Waals surface area contributed by atoms with Gasteiger partial charge in [0.05, 0.1) is 10.7 Å². The second-order valence-corrected chi connectivity index (χ2v) is 7.01. The van der Waals surface area contributed by atoms with Gasteiger partial charge in [-0.25, -0.2) is 4.98 Å². The first-order valence-corrected chi connectivity index (χ1v) is 8.90. The number of aromatic nitrogens is 1. The number of nitrogens with zero attached hydrogens (tertiary/aromatic N) is 1. The fraction of sp³-hybridized carbons (Fsp3) is 0.500. The SMILES string of the molecule is CCCNC(Cc1csc(C)n1)c1ccc2c(c1)CCC2. The fourth-order valence-electron chi connectivity index (χ4n) is 3.15. The Kier molecular flexibility index (Phi) is 4.71. The lowest BCUT2D eigenvalue weighted by Gasteiger charge is -2.19. The van der Waals surface area contributed by atoms with Gasteiger partial charge in [0, 0.05) is 17.8 Å². The number of nitrogens with one attached hydrogen (secondary N) is 1. The summed E-state index contributed by atoms with van der Waals surface area (Å²) in [6, 6.07) is 7.47. The Morgan fingerprint density at radius 3 is 2.90 bits per heavy atom.